The number of amides is 2. The van der Waals surface area contributed by atoms with Crippen LogP contribution in [-0.4, -0.2) is 34.8 Å². The minimum atomic E-state index is -0.706. The molecule has 2 rings (SSSR count). The lowest BCUT2D eigenvalue weighted by atomic mass is 9.89. The summed E-state index contributed by atoms with van der Waals surface area (Å²) in [4.78, 5) is 26.5. The number of allylic oxidation sites excluding steroid dienone is 1. The summed E-state index contributed by atoms with van der Waals surface area (Å²) in [7, 11) is 0. The fraction of sp³-hybridized carbons (Fsp3) is 0.714. The molecular formula is C14H22N2O2. The second-order valence-electron chi connectivity index (χ2n) is 5.43. The van der Waals surface area contributed by atoms with Crippen molar-refractivity contribution in [2.75, 3.05) is 6.54 Å². The minimum absolute atomic E-state index is 0.00833. The molecule has 0 aromatic carbocycles. The van der Waals surface area contributed by atoms with Crippen LogP contribution in [0.5, 0.6) is 0 Å². The summed E-state index contributed by atoms with van der Waals surface area (Å²) in [5.74, 6) is 0.432. The van der Waals surface area contributed by atoms with Gasteiger partial charge in [0.2, 0.25) is 11.8 Å². The fourth-order valence-corrected chi connectivity index (χ4v) is 2.49. The van der Waals surface area contributed by atoms with Crippen LogP contribution in [0.25, 0.3) is 0 Å². The van der Waals surface area contributed by atoms with E-state index in [0.29, 0.717) is 18.9 Å². The summed E-state index contributed by atoms with van der Waals surface area (Å²) < 4.78 is 0. The van der Waals surface area contributed by atoms with Crippen molar-refractivity contribution < 1.29 is 9.59 Å². The Morgan fingerprint density at radius 1 is 1.44 bits per heavy atom. The second kappa shape index (κ2) is 4.75. The van der Waals surface area contributed by atoms with Crippen LogP contribution in [0.2, 0.25) is 0 Å². The van der Waals surface area contributed by atoms with Crippen LogP contribution in [-0.2, 0) is 9.59 Å². The van der Waals surface area contributed by atoms with Crippen molar-refractivity contribution in [1.82, 2.24) is 10.2 Å². The number of carbonyl (C=O) groups is 2. The Kier molecular flexibility index (Phi) is 3.46. The minimum Gasteiger partial charge on any atom is -0.342 e. The third kappa shape index (κ3) is 2.04. The van der Waals surface area contributed by atoms with Crippen LogP contribution in [0.4, 0.5) is 0 Å². The monoisotopic (exact) mass is 250 g/mol. The Morgan fingerprint density at radius 2 is 2.11 bits per heavy atom. The molecule has 2 fully saturated rings. The Balaban J connectivity index is 2.26. The lowest BCUT2D eigenvalue weighted by molar-refractivity contribution is -0.156. The highest BCUT2D eigenvalue weighted by Gasteiger charge is 2.51. The second-order valence-corrected chi connectivity index (χ2v) is 5.43. The zero-order chi connectivity index (χ0) is 13.3. The third-order valence-electron chi connectivity index (χ3n) is 4.21. The maximum atomic E-state index is 12.5. The van der Waals surface area contributed by atoms with E-state index >= 15 is 0 Å². The third-order valence-corrected chi connectivity index (χ3v) is 4.21. The molecule has 1 N–H and O–H groups in total. The van der Waals surface area contributed by atoms with Crippen LogP contribution in [0, 0.1) is 5.92 Å². The number of piperazine rings is 1. The molecule has 0 radical (unpaired) electrons. The molecule has 1 saturated heterocycles. The number of hydrogen-bond acceptors (Lipinski definition) is 2. The van der Waals surface area contributed by atoms with E-state index in [1.54, 1.807) is 4.90 Å². The highest BCUT2D eigenvalue weighted by Crippen LogP contribution is 2.37. The predicted molar refractivity (Wildman–Crippen MR) is 69.9 cm³/mol. The topological polar surface area (TPSA) is 49.4 Å². The van der Waals surface area contributed by atoms with Gasteiger partial charge in [-0.05, 0) is 39.0 Å². The summed E-state index contributed by atoms with van der Waals surface area (Å²) >= 11 is 0. The zero-order valence-electron chi connectivity index (χ0n) is 11.4. The summed E-state index contributed by atoms with van der Waals surface area (Å²) in [5, 5.41) is 2.92. The van der Waals surface area contributed by atoms with Gasteiger partial charge in [0, 0.05) is 6.54 Å². The van der Waals surface area contributed by atoms with E-state index in [4.69, 9.17) is 0 Å². The molecule has 0 spiro atoms. The van der Waals surface area contributed by atoms with Crippen molar-refractivity contribution in [3.05, 3.63) is 12.2 Å². The SMILES string of the molecule is C/C=C/CN1C(=O)C(C2CC2)NC(=O)C1(C)CC. The van der Waals surface area contributed by atoms with Crippen LogP contribution < -0.4 is 5.32 Å². The molecule has 4 nitrogen and oxygen atoms in total. The Labute approximate surface area is 108 Å². The summed E-state index contributed by atoms with van der Waals surface area (Å²) in [5.41, 5.74) is -0.706. The lowest BCUT2D eigenvalue weighted by Crippen LogP contribution is -2.69. The van der Waals surface area contributed by atoms with Gasteiger partial charge in [-0.15, -0.1) is 0 Å². The van der Waals surface area contributed by atoms with E-state index in [9.17, 15) is 9.59 Å². The molecule has 18 heavy (non-hydrogen) atoms. The molecule has 0 bridgehead atoms. The fourth-order valence-electron chi connectivity index (χ4n) is 2.49. The van der Waals surface area contributed by atoms with E-state index in [1.165, 1.54) is 0 Å². The summed E-state index contributed by atoms with van der Waals surface area (Å²) in [6.07, 6.45) is 6.60. The zero-order valence-corrected chi connectivity index (χ0v) is 11.4. The van der Waals surface area contributed by atoms with E-state index in [2.05, 4.69) is 5.32 Å². The Morgan fingerprint density at radius 3 is 2.61 bits per heavy atom. The average molecular weight is 250 g/mol. The predicted octanol–water partition coefficient (Wildman–Crippen LogP) is 1.47. The van der Waals surface area contributed by atoms with Crippen molar-refractivity contribution in [2.24, 2.45) is 5.92 Å². The molecule has 2 amide bonds. The van der Waals surface area contributed by atoms with Gasteiger partial charge in [-0.3, -0.25) is 9.59 Å². The highest BCUT2D eigenvalue weighted by atomic mass is 16.2. The highest BCUT2D eigenvalue weighted by molar-refractivity contribution is 6.00. The molecule has 2 aliphatic rings. The van der Waals surface area contributed by atoms with Crippen LogP contribution in [0.3, 0.4) is 0 Å². The van der Waals surface area contributed by atoms with Crippen molar-refractivity contribution in [2.45, 2.75) is 51.6 Å². The first-order valence-electron chi connectivity index (χ1n) is 6.78. The van der Waals surface area contributed by atoms with E-state index < -0.39 is 5.54 Å². The van der Waals surface area contributed by atoms with Gasteiger partial charge < -0.3 is 10.2 Å². The van der Waals surface area contributed by atoms with Gasteiger partial charge in [0.15, 0.2) is 0 Å². The van der Waals surface area contributed by atoms with Crippen molar-refractivity contribution in [3.8, 4) is 0 Å². The summed E-state index contributed by atoms with van der Waals surface area (Å²) in [6.45, 7) is 6.26. The lowest BCUT2D eigenvalue weighted by Gasteiger charge is -2.45. The number of nitrogens with one attached hydrogen (secondary N) is 1. The van der Waals surface area contributed by atoms with Gasteiger partial charge in [0.1, 0.15) is 11.6 Å². The molecule has 2 atom stereocenters. The van der Waals surface area contributed by atoms with Crippen molar-refractivity contribution in [1.29, 1.82) is 0 Å². The van der Waals surface area contributed by atoms with Gasteiger partial charge in [-0.2, -0.15) is 0 Å². The smallest absolute Gasteiger partial charge is 0.246 e. The van der Waals surface area contributed by atoms with Crippen LogP contribution >= 0.6 is 0 Å². The first kappa shape index (κ1) is 13.1. The molecule has 100 valence electrons. The number of hydrogen-bond donors (Lipinski definition) is 1. The van der Waals surface area contributed by atoms with Crippen LogP contribution in [0.1, 0.15) is 40.0 Å². The van der Waals surface area contributed by atoms with E-state index in [-0.39, 0.29) is 17.9 Å². The average Bonchev–Trinajstić information content (AvgIpc) is 3.18. The number of carbonyl (C=O) groups excluding carboxylic acids is 2. The maximum absolute atomic E-state index is 12.5. The standard InChI is InChI=1S/C14H22N2O2/c1-4-6-9-16-12(17)11(10-7-8-10)15-13(18)14(16,3)5-2/h4,6,10-11H,5,7-9H2,1-3H3,(H,15,18)/b6-4+. The molecule has 2 unspecified atom stereocenters. The van der Waals surface area contributed by atoms with Gasteiger partial charge in [-0.1, -0.05) is 19.1 Å². The first-order valence-corrected chi connectivity index (χ1v) is 6.78. The Hall–Kier alpha value is -1.32. The first-order chi connectivity index (χ1) is 8.54. The number of rotatable bonds is 4. The van der Waals surface area contributed by atoms with Gasteiger partial charge in [-0.25, -0.2) is 0 Å². The molecule has 0 aromatic heterocycles. The summed E-state index contributed by atoms with van der Waals surface area (Å²) in [6, 6.07) is -0.289. The van der Waals surface area contributed by atoms with Crippen molar-refractivity contribution in [3.63, 3.8) is 0 Å². The van der Waals surface area contributed by atoms with Gasteiger partial charge in [0.05, 0.1) is 0 Å². The van der Waals surface area contributed by atoms with E-state index in [1.807, 2.05) is 32.9 Å². The molecular weight excluding hydrogens is 228 g/mol. The maximum Gasteiger partial charge on any atom is 0.246 e. The van der Waals surface area contributed by atoms with Gasteiger partial charge >= 0.3 is 0 Å². The Bertz CT molecular complexity index is 387. The molecule has 0 aromatic rings. The normalized spacial score (nSPS) is 33.1. The van der Waals surface area contributed by atoms with E-state index in [0.717, 1.165) is 12.8 Å². The molecule has 1 aliphatic heterocycles. The quantitative estimate of drug-likeness (QED) is 0.768. The molecule has 4 heteroatoms. The molecule has 1 heterocycles. The molecule has 1 aliphatic carbocycles. The van der Waals surface area contributed by atoms with Crippen molar-refractivity contribution >= 4 is 11.8 Å². The van der Waals surface area contributed by atoms with Crippen LogP contribution in [0.15, 0.2) is 12.2 Å². The van der Waals surface area contributed by atoms with Gasteiger partial charge in [0.25, 0.3) is 0 Å². The molecule has 1 saturated carbocycles. The number of nitrogens with zero attached hydrogens (tertiary/aromatic N) is 1. The largest absolute Gasteiger partial charge is 0.342 e.